The summed E-state index contributed by atoms with van der Waals surface area (Å²) in [5, 5.41) is 20.2. The van der Waals surface area contributed by atoms with E-state index in [0.717, 1.165) is 0 Å². The normalized spacial score (nSPS) is 8.00. The summed E-state index contributed by atoms with van der Waals surface area (Å²) < 4.78 is 0. The van der Waals surface area contributed by atoms with Crippen LogP contribution in [0.5, 0.6) is 11.5 Å². The van der Waals surface area contributed by atoms with Crippen LogP contribution in [0.4, 0.5) is 0 Å². The monoisotopic (exact) mass is 184 g/mol. The molecule has 0 heterocycles. The van der Waals surface area contributed by atoms with E-state index in [0.29, 0.717) is 0 Å². The molecule has 0 radical (unpaired) electrons. The van der Waals surface area contributed by atoms with Crippen molar-refractivity contribution in [2.24, 2.45) is 22.4 Å². The number of hydrazone groups is 1. The topological polar surface area (TPSA) is 131 Å². The average Bonchev–Trinajstić information content (AvgIpc) is 2.11. The van der Waals surface area contributed by atoms with Gasteiger partial charge in [-0.05, 0) is 24.3 Å². The number of hydrogen-bond donors (Lipinski definition) is 5. The van der Waals surface area contributed by atoms with E-state index in [4.69, 9.17) is 21.7 Å². The second-order valence-corrected chi connectivity index (χ2v) is 2.07. The molecule has 0 aliphatic rings. The van der Waals surface area contributed by atoms with Gasteiger partial charge in [0, 0.05) is 0 Å². The Morgan fingerprint density at radius 2 is 1.23 bits per heavy atom. The fourth-order valence-electron chi connectivity index (χ4n) is 0.453. The number of rotatable bonds is 0. The van der Waals surface area contributed by atoms with Gasteiger partial charge >= 0.3 is 0 Å². The minimum Gasteiger partial charge on any atom is -0.508 e. The van der Waals surface area contributed by atoms with Crippen LogP contribution in [0, 0.1) is 0 Å². The van der Waals surface area contributed by atoms with Crippen LogP contribution >= 0.6 is 0 Å². The Labute approximate surface area is 75.3 Å². The van der Waals surface area contributed by atoms with Crippen molar-refractivity contribution < 1.29 is 10.2 Å². The van der Waals surface area contributed by atoms with Gasteiger partial charge in [0.2, 0.25) is 5.96 Å². The highest BCUT2D eigenvalue weighted by molar-refractivity contribution is 5.75. The van der Waals surface area contributed by atoms with Gasteiger partial charge in [0.05, 0.1) is 0 Å². The van der Waals surface area contributed by atoms with Crippen molar-refractivity contribution in [2.75, 3.05) is 0 Å². The lowest BCUT2D eigenvalue weighted by Crippen LogP contribution is -2.23. The predicted molar refractivity (Wildman–Crippen MR) is 49.8 cm³/mol. The van der Waals surface area contributed by atoms with Crippen LogP contribution in [0.25, 0.3) is 0 Å². The maximum absolute atomic E-state index is 8.65. The van der Waals surface area contributed by atoms with Crippen molar-refractivity contribution in [3.63, 3.8) is 0 Å². The third kappa shape index (κ3) is 6.29. The molecular weight excluding hydrogens is 172 g/mol. The van der Waals surface area contributed by atoms with E-state index < -0.39 is 0 Å². The Kier molecular flexibility index (Phi) is 4.63. The number of nitrogens with two attached hydrogens (primary N) is 3. The highest BCUT2D eigenvalue weighted by atomic mass is 16.3. The molecule has 1 rings (SSSR count). The zero-order valence-electron chi connectivity index (χ0n) is 6.88. The van der Waals surface area contributed by atoms with E-state index in [2.05, 4.69) is 10.9 Å². The molecule has 72 valence electrons. The van der Waals surface area contributed by atoms with Crippen LogP contribution in [0.2, 0.25) is 0 Å². The Morgan fingerprint density at radius 3 is 1.38 bits per heavy atom. The van der Waals surface area contributed by atoms with Crippen LogP contribution in [0.15, 0.2) is 29.4 Å². The fourth-order valence-corrected chi connectivity index (χ4v) is 0.453. The quantitative estimate of drug-likeness (QED) is 0.119. The maximum Gasteiger partial charge on any atom is 0.208 e. The molecule has 0 amide bonds. The molecule has 8 N–H and O–H groups in total. The van der Waals surface area contributed by atoms with Crippen LogP contribution < -0.4 is 17.3 Å². The number of guanidine groups is 1. The summed E-state index contributed by atoms with van der Waals surface area (Å²) in [7, 11) is 0. The molecular formula is C7H12N4O2. The molecule has 13 heavy (non-hydrogen) atoms. The smallest absolute Gasteiger partial charge is 0.208 e. The average molecular weight is 184 g/mol. The summed E-state index contributed by atoms with van der Waals surface area (Å²) in [6.07, 6.45) is 0. The highest BCUT2D eigenvalue weighted by Crippen LogP contribution is 2.13. The fraction of sp³-hybridized carbons (Fsp3) is 0. The van der Waals surface area contributed by atoms with Crippen molar-refractivity contribution in [3.05, 3.63) is 24.3 Å². The zero-order chi connectivity index (χ0) is 10.3. The summed E-state index contributed by atoms with van der Waals surface area (Å²) in [4.78, 5) is 0. The summed E-state index contributed by atoms with van der Waals surface area (Å²) in [5.41, 5.74) is 9.39. The highest BCUT2D eigenvalue weighted by Gasteiger charge is 1.84. The molecule has 6 nitrogen and oxygen atoms in total. The van der Waals surface area contributed by atoms with Gasteiger partial charge in [0.25, 0.3) is 0 Å². The van der Waals surface area contributed by atoms with Crippen molar-refractivity contribution in [3.8, 4) is 11.5 Å². The van der Waals surface area contributed by atoms with E-state index in [1.54, 1.807) is 0 Å². The zero-order valence-corrected chi connectivity index (χ0v) is 6.88. The number of benzene rings is 1. The molecule has 1 aromatic carbocycles. The SMILES string of the molecule is NN=C(N)N.Oc1ccc(O)cc1. The third-order valence-electron chi connectivity index (χ3n) is 0.999. The van der Waals surface area contributed by atoms with Crippen LogP contribution in [-0.2, 0) is 0 Å². The first-order valence-electron chi connectivity index (χ1n) is 3.33. The summed E-state index contributed by atoms with van der Waals surface area (Å²) >= 11 is 0. The minimum atomic E-state index is -0.0926. The lowest BCUT2D eigenvalue weighted by Gasteiger charge is -1.88. The van der Waals surface area contributed by atoms with Gasteiger partial charge in [0.1, 0.15) is 11.5 Å². The van der Waals surface area contributed by atoms with Crippen molar-refractivity contribution in [2.45, 2.75) is 0 Å². The Bertz CT molecular complexity index is 245. The summed E-state index contributed by atoms with van der Waals surface area (Å²) in [6, 6.07) is 5.70. The molecule has 0 aliphatic carbocycles. The van der Waals surface area contributed by atoms with E-state index in [-0.39, 0.29) is 17.5 Å². The second-order valence-electron chi connectivity index (χ2n) is 2.07. The van der Waals surface area contributed by atoms with Gasteiger partial charge in [-0.15, -0.1) is 5.10 Å². The molecule has 0 atom stereocenters. The number of phenolic OH excluding ortho intramolecular Hbond substituents is 2. The molecule has 0 aliphatic heterocycles. The lowest BCUT2D eigenvalue weighted by atomic mass is 10.3. The molecule has 0 unspecified atom stereocenters. The van der Waals surface area contributed by atoms with E-state index in [1.807, 2.05) is 0 Å². The maximum atomic E-state index is 8.65. The van der Waals surface area contributed by atoms with Crippen molar-refractivity contribution >= 4 is 5.96 Å². The van der Waals surface area contributed by atoms with Gasteiger partial charge in [-0.25, -0.2) is 0 Å². The first kappa shape index (κ1) is 10.9. The molecule has 1 aromatic rings. The third-order valence-corrected chi connectivity index (χ3v) is 0.999. The minimum absolute atomic E-state index is 0.0926. The Balaban J connectivity index is 0.000000252. The van der Waals surface area contributed by atoms with Gasteiger partial charge in [-0.2, -0.15) is 0 Å². The summed E-state index contributed by atoms with van der Waals surface area (Å²) in [5.74, 6) is 4.76. The Hall–Kier alpha value is -2.11. The predicted octanol–water partition coefficient (Wildman–Crippen LogP) is -0.769. The molecule has 0 bridgehead atoms. The first-order chi connectivity index (χ1) is 6.06. The van der Waals surface area contributed by atoms with Crippen molar-refractivity contribution in [1.29, 1.82) is 0 Å². The van der Waals surface area contributed by atoms with Crippen LogP contribution in [0.1, 0.15) is 0 Å². The first-order valence-corrected chi connectivity index (χ1v) is 3.33. The second kappa shape index (κ2) is 5.53. The summed E-state index contributed by atoms with van der Waals surface area (Å²) in [6.45, 7) is 0. The number of phenols is 2. The standard InChI is InChI=1S/C6H6O2.CH6N4/c7-5-1-2-6(8)4-3-5;2-1(3)5-4/h1-4,7-8H;4H2,(H4,2,3,5). The van der Waals surface area contributed by atoms with Gasteiger partial charge in [-0.1, -0.05) is 0 Å². The lowest BCUT2D eigenvalue weighted by molar-refractivity contribution is 0.460. The van der Waals surface area contributed by atoms with Gasteiger partial charge < -0.3 is 27.5 Å². The van der Waals surface area contributed by atoms with Gasteiger partial charge in [-0.3, -0.25) is 0 Å². The van der Waals surface area contributed by atoms with E-state index in [1.165, 1.54) is 24.3 Å². The van der Waals surface area contributed by atoms with Crippen LogP contribution in [-0.4, -0.2) is 16.2 Å². The molecule has 6 heteroatoms. The Morgan fingerprint density at radius 1 is 1.00 bits per heavy atom. The molecule has 0 aromatic heterocycles. The van der Waals surface area contributed by atoms with Gasteiger partial charge in [0.15, 0.2) is 0 Å². The molecule has 0 saturated heterocycles. The van der Waals surface area contributed by atoms with E-state index in [9.17, 15) is 0 Å². The number of hydrogen-bond acceptors (Lipinski definition) is 4. The number of nitrogens with zero attached hydrogens (tertiary/aromatic N) is 1. The molecule has 0 fully saturated rings. The van der Waals surface area contributed by atoms with Crippen LogP contribution in [0.3, 0.4) is 0 Å². The number of aromatic hydroxyl groups is 2. The van der Waals surface area contributed by atoms with E-state index >= 15 is 0 Å². The van der Waals surface area contributed by atoms with Crippen molar-refractivity contribution in [1.82, 2.24) is 0 Å². The molecule has 0 saturated carbocycles. The molecule has 0 spiro atoms. The largest absolute Gasteiger partial charge is 0.508 e.